The Balaban J connectivity index is 1.81. The van der Waals surface area contributed by atoms with Crippen molar-refractivity contribution in [2.45, 2.75) is 5.03 Å². The molecule has 0 aliphatic carbocycles. The van der Waals surface area contributed by atoms with Crippen LogP contribution >= 0.6 is 11.8 Å². The lowest BCUT2D eigenvalue weighted by molar-refractivity contribution is 0.313. The summed E-state index contributed by atoms with van der Waals surface area (Å²) >= 11 is 1.64. The number of anilines is 3. The molecule has 4 rings (SSSR count). The SMILES string of the molecule is COc1cc(Nc2nc3ccccc3nc2NS(=O)(=O)c2cn(C)cn2)c(OCCSC)c(OC)c1. The molecule has 2 heterocycles. The van der Waals surface area contributed by atoms with Crippen molar-refractivity contribution >= 4 is 50.1 Å². The van der Waals surface area contributed by atoms with Crippen molar-refractivity contribution in [2.24, 2.45) is 7.05 Å². The van der Waals surface area contributed by atoms with Gasteiger partial charge in [0, 0.05) is 31.1 Å². The summed E-state index contributed by atoms with van der Waals surface area (Å²) in [7, 11) is 0.714. The number of nitrogens with one attached hydrogen (secondary N) is 2. The van der Waals surface area contributed by atoms with Crippen molar-refractivity contribution in [3.63, 3.8) is 0 Å². The number of nitrogens with zero attached hydrogens (tertiary/aromatic N) is 4. The zero-order valence-corrected chi connectivity index (χ0v) is 21.8. The Kier molecular flexibility index (Phi) is 7.70. The molecule has 36 heavy (non-hydrogen) atoms. The number of ether oxygens (including phenoxy) is 3. The Labute approximate surface area is 213 Å². The van der Waals surface area contributed by atoms with E-state index in [1.54, 1.807) is 53.7 Å². The molecule has 190 valence electrons. The average Bonchev–Trinajstić information content (AvgIpc) is 3.32. The van der Waals surface area contributed by atoms with Crippen LogP contribution in [0.3, 0.4) is 0 Å². The maximum Gasteiger partial charge on any atom is 0.282 e. The average molecular weight is 531 g/mol. The van der Waals surface area contributed by atoms with Crippen LogP contribution in [0, 0.1) is 0 Å². The summed E-state index contributed by atoms with van der Waals surface area (Å²) < 4.78 is 47.1. The lowest BCUT2D eigenvalue weighted by Gasteiger charge is -2.19. The first kappa shape index (κ1) is 25.4. The summed E-state index contributed by atoms with van der Waals surface area (Å²) in [5.41, 5.74) is 1.55. The monoisotopic (exact) mass is 530 g/mol. The number of imidazole rings is 1. The number of para-hydroxylation sites is 2. The summed E-state index contributed by atoms with van der Waals surface area (Å²) in [4.78, 5) is 13.1. The van der Waals surface area contributed by atoms with Gasteiger partial charge >= 0.3 is 0 Å². The summed E-state index contributed by atoms with van der Waals surface area (Å²) in [5.74, 6) is 2.31. The molecule has 4 aromatic rings. The Bertz CT molecular complexity index is 1480. The number of hydrogen-bond acceptors (Lipinski definition) is 10. The van der Waals surface area contributed by atoms with Gasteiger partial charge in [-0.25, -0.2) is 15.0 Å². The summed E-state index contributed by atoms with van der Waals surface area (Å²) in [6, 6.07) is 10.6. The highest BCUT2D eigenvalue weighted by Gasteiger charge is 2.23. The maximum absolute atomic E-state index is 13.0. The predicted molar refractivity (Wildman–Crippen MR) is 140 cm³/mol. The lowest BCUT2D eigenvalue weighted by atomic mass is 10.2. The molecule has 0 aliphatic heterocycles. The molecule has 0 unspecified atom stereocenters. The van der Waals surface area contributed by atoms with Crippen LogP contribution in [0.4, 0.5) is 17.3 Å². The zero-order chi connectivity index (χ0) is 25.7. The summed E-state index contributed by atoms with van der Waals surface area (Å²) in [6.07, 6.45) is 4.79. The fourth-order valence-electron chi connectivity index (χ4n) is 3.31. The molecular formula is C23H26N6O5S2. The van der Waals surface area contributed by atoms with Crippen LogP contribution in [-0.4, -0.2) is 60.8 Å². The Hall–Kier alpha value is -3.71. The molecule has 0 saturated heterocycles. The first-order valence-electron chi connectivity index (χ1n) is 10.8. The lowest BCUT2D eigenvalue weighted by Crippen LogP contribution is -2.16. The van der Waals surface area contributed by atoms with Gasteiger partial charge in [0.1, 0.15) is 5.75 Å². The fourth-order valence-corrected chi connectivity index (χ4v) is 4.55. The van der Waals surface area contributed by atoms with Crippen molar-refractivity contribution in [1.82, 2.24) is 19.5 Å². The zero-order valence-electron chi connectivity index (χ0n) is 20.2. The van der Waals surface area contributed by atoms with Gasteiger partial charge in [0.2, 0.25) is 0 Å². The molecule has 0 saturated carbocycles. The van der Waals surface area contributed by atoms with Gasteiger partial charge in [-0.05, 0) is 18.4 Å². The molecular weight excluding hydrogens is 504 g/mol. The number of methoxy groups -OCH3 is 2. The molecule has 13 heteroatoms. The molecule has 0 aliphatic rings. The third-order valence-electron chi connectivity index (χ3n) is 5.03. The van der Waals surface area contributed by atoms with Crippen molar-refractivity contribution < 1.29 is 22.6 Å². The van der Waals surface area contributed by atoms with Crippen molar-refractivity contribution in [3.05, 3.63) is 48.9 Å². The van der Waals surface area contributed by atoms with Crippen LogP contribution in [0.1, 0.15) is 0 Å². The third-order valence-corrected chi connectivity index (χ3v) is 6.83. The Morgan fingerprint density at radius 1 is 1.06 bits per heavy atom. The van der Waals surface area contributed by atoms with E-state index in [1.165, 1.54) is 26.7 Å². The predicted octanol–water partition coefficient (Wildman–Crippen LogP) is 3.67. The minimum Gasteiger partial charge on any atom is -0.497 e. The van der Waals surface area contributed by atoms with Gasteiger partial charge in [0.15, 0.2) is 28.2 Å². The smallest absolute Gasteiger partial charge is 0.282 e. The van der Waals surface area contributed by atoms with Gasteiger partial charge in [0.05, 0.1) is 43.9 Å². The minimum absolute atomic E-state index is 0.00352. The molecule has 2 aromatic heterocycles. The number of thioether (sulfide) groups is 1. The molecule has 0 radical (unpaired) electrons. The molecule has 11 nitrogen and oxygen atoms in total. The molecule has 0 spiro atoms. The fraction of sp³-hybridized carbons (Fsp3) is 0.261. The maximum atomic E-state index is 13.0. The van der Waals surface area contributed by atoms with Crippen molar-refractivity contribution in [3.8, 4) is 17.2 Å². The topological polar surface area (TPSA) is 129 Å². The first-order chi connectivity index (χ1) is 17.3. The van der Waals surface area contributed by atoms with E-state index in [4.69, 9.17) is 14.2 Å². The van der Waals surface area contributed by atoms with Gasteiger partial charge in [-0.2, -0.15) is 20.2 Å². The van der Waals surface area contributed by atoms with Gasteiger partial charge in [-0.3, -0.25) is 4.72 Å². The Morgan fingerprint density at radius 3 is 2.39 bits per heavy atom. The second-order valence-electron chi connectivity index (χ2n) is 7.57. The molecule has 0 fully saturated rings. The van der Waals surface area contributed by atoms with Crippen LogP contribution in [0.15, 0.2) is 53.9 Å². The van der Waals surface area contributed by atoms with E-state index >= 15 is 0 Å². The summed E-state index contributed by atoms with van der Waals surface area (Å²) in [5, 5.41) is 3.03. The number of fused-ring (bicyclic) bond motifs is 1. The standard InChI is InChI=1S/C23H26N6O5S2/c1-29-13-20(24-14-29)36(30,31)28-23-22(25-16-7-5-6-8-17(16)26-23)27-18-11-15(32-2)12-19(33-3)21(18)34-9-10-35-4/h5-8,11-14H,9-10H2,1-4H3,(H,25,27)(H,26,28). The van der Waals surface area contributed by atoms with E-state index in [9.17, 15) is 8.42 Å². The number of aromatic nitrogens is 4. The number of aryl methyl sites for hydroxylation is 1. The highest BCUT2D eigenvalue weighted by molar-refractivity contribution is 7.98. The second-order valence-corrected chi connectivity index (χ2v) is 10.2. The number of hydrogen-bond donors (Lipinski definition) is 2. The van der Waals surface area contributed by atoms with Gasteiger partial charge < -0.3 is 24.1 Å². The van der Waals surface area contributed by atoms with Crippen molar-refractivity contribution in [2.75, 3.05) is 42.9 Å². The number of sulfonamides is 1. The van der Waals surface area contributed by atoms with Gasteiger partial charge in [-0.15, -0.1) is 0 Å². The van der Waals surface area contributed by atoms with Crippen LogP contribution < -0.4 is 24.2 Å². The number of benzene rings is 2. The second kappa shape index (κ2) is 10.9. The minimum atomic E-state index is -4.04. The van der Waals surface area contributed by atoms with Gasteiger partial charge in [0.25, 0.3) is 10.0 Å². The van der Waals surface area contributed by atoms with E-state index in [2.05, 4.69) is 25.0 Å². The Morgan fingerprint density at radius 2 is 1.78 bits per heavy atom. The van der Waals surface area contributed by atoms with Crippen LogP contribution in [-0.2, 0) is 17.1 Å². The highest BCUT2D eigenvalue weighted by atomic mass is 32.2. The first-order valence-corrected chi connectivity index (χ1v) is 13.6. The van der Waals surface area contributed by atoms with E-state index in [1.807, 2.05) is 12.3 Å². The largest absolute Gasteiger partial charge is 0.497 e. The highest BCUT2D eigenvalue weighted by Crippen LogP contribution is 2.41. The van der Waals surface area contributed by atoms with Gasteiger partial charge in [-0.1, -0.05) is 12.1 Å². The molecule has 0 amide bonds. The number of rotatable bonds is 11. The van der Waals surface area contributed by atoms with E-state index in [0.717, 1.165) is 5.75 Å². The quantitative estimate of drug-likeness (QED) is 0.277. The normalized spacial score (nSPS) is 11.3. The van der Waals surface area contributed by atoms with E-state index < -0.39 is 10.0 Å². The van der Waals surface area contributed by atoms with Crippen LogP contribution in [0.5, 0.6) is 17.2 Å². The molecule has 2 aromatic carbocycles. The summed E-state index contributed by atoms with van der Waals surface area (Å²) in [6.45, 7) is 0.432. The van der Waals surface area contributed by atoms with Crippen LogP contribution in [0.25, 0.3) is 11.0 Å². The molecule has 0 bridgehead atoms. The molecule has 0 atom stereocenters. The third kappa shape index (κ3) is 5.57. The molecule has 2 N–H and O–H groups in total. The van der Waals surface area contributed by atoms with Crippen molar-refractivity contribution in [1.29, 1.82) is 0 Å². The van der Waals surface area contributed by atoms with E-state index in [-0.39, 0.29) is 16.7 Å². The van der Waals surface area contributed by atoms with Crippen LogP contribution in [0.2, 0.25) is 0 Å². The van der Waals surface area contributed by atoms with E-state index in [0.29, 0.717) is 40.6 Å².